The second kappa shape index (κ2) is 10.4. The van der Waals surface area contributed by atoms with Crippen molar-refractivity contribution >= 4 is 28.1 Å². The van der Waals surface area contributed by atoms with Crippen LogP contribution in [0.15, 0.2) is 85.1 Å². The molecule has 1 aliphatic rings. The lowest BCUT2D eigenvalue weighted by Gasteiger charge is -2.18. The molecule has 7 nitrogen and oxygen atoms in total. The molecule has 0 atom stereocenters. The molecule has 0 spiro atoms. The SMILES string of the molecule is Nc1nc(-c2cccc(OCc3ccccc3)c2)c(-c2ccnc(Nc3ccc4c(c3)CNCC4)n2)s1. The molecule has 0 amide bonds. The Labute approximate surface area is 219 Å². The summed E-state index contributed by atoms with van der Waals surface area (Å²) in [5.41, 5.74) is 13.4. The van der Waals surface area contributed by atoms with Crippen LogP contribution in [0.4, 0.5) is 16.8 Å². The summed E-state index contributed by atoms with van der Waals surface area (Å²) >= 11 is 1.41. The predicted molar refractivity (Wildman–Crippen MR) is 149 cm³/mol. The number of hydrogen-bond acceptors (Lipinski definition) is 8. The Morgan fingerprint density at radius 1 is 0.946 bits per heavy atom. The monoisotopic (exact) mass is 506 g/mol. The second-order valence-electron chi connectivity index (χ2n) is 8.83. The fourth-order valence-corrected chi connectivity index (χ4v) is 5.24. The van der Waals surface area contributed by atoms with Crippen molar-refractivity contribution in [3.63, 3.8) is 0 Å². The number of thiazole rings is 1. The van der Waals surface area contributed by atoms with Gasteiger partial charge < -0.3 is 21.1 Å². The molecule has 0 unspecified atom stereocenters. The topological polar surface area (TPSA) is 98.0 Å². The lowest BCUT2D eigenvalue weighted by Crippen LogP contribution is -2.23. The number of aromatic nitrogens is 3. The number of nitrogens with one attached hydrogen (secondary N) is 2. The second-order valence-corrected chi connectivity index (χ2v) is 9.86. The number of hydrogen-bond donors (Lipinski definition) is 3. The number of nitrogens with two attached hydrogens (primary N) is 1. The van der Waals surface area contributed by atoms with Crippen LogP contribution in [0.5, 0.6) is 5.75 Å². The van der Waals surface area contributed by atoms with Crippen molar-refractivity contribution in [1.82, 2.24) is 20.3 Å². The van der Waals surface area contributed by atoms with Crippen molar-refractivity contribution in [2.75, 3.05) is 17.6 Å². The Balaban J connectivity index is 1.25. The molecule has 4 N–H and O–H groups in total. The van der Waals surface area contributed by atoms with E-state index in [-0.39, 0.29) is 0 Å². The van der Waals surface area contributed by atoms with Crippen molar-refractivity contribution in [2.24, 2.45) is 0 Å². The van der Waals surface area contributed by atoms with Crippen LogP contribution in [0.2, 0.25) is 0 Å². The summed E-state index contributed by atoms with van der Waals surface area (Å²) in [6.07, 6.45) is 2.80. The molecule has 184 valence electrons. The molecule has 5 aromatic rings. The van der Waals surface area contributed by atoms with Crippen LogP contribution in [0.25, 0.3) is 21.8 Å². The molecular weight excluding hydrogens is 480 g/mol. The standard InChI is InChI=1S/C29H26N6OS/c30-28-35-26(21-7-4-8-24(16-21)36-18-19-5-2-1-3-6-19)27(37-28)25-12-14-32-29(34-25)33-23-10-9-20-11-13-31-17-22(20)15-23/h1-10,12,14-16,31H,11,13,17-18H2,(H2,30,35)(H,32,33,34). The van der Waals surface area contributed by atoms with Crippen LogP contribution >= 0.6 is 11.3 Å². The number of ether oxygens (including phenoxy) is 1. The van der Waals surface area contributed by atoms with Gasteiger partial charge in [-0.25, -0.2) is 15.0 Å². The number of fused-ring (bicyclic) bond motifs is 1. The Morgan fingerprint density at radius 2 is 1.86 bits per heavy atom. The minimum atomic E-state index is 0.482. The van der Waals surface area contributed by atoms with Gasteiger partial charge in [-0.05, 0) is 60.0 Å². The molecule has 1 aliphatic heterocycles. The molecular formula is C29H26N6OS. The fourth-order valence-electron chi connectivity index (χ4n) is 4.41. The van der Waals surface area contributed by atoms with Gasteiger partial charge in [0.2, 0.25) is 5.95 Å². The molecule has 0 saturated carbocycles. The van der Waals surface area contributed by atoms with Gasteiger partial charge >= 0.3 is 0 Å². The van der Waals surface area contributed by atoms with Crippen molar-refractivity contribution in [2.45, 2.75) is 19.6 Å². The summed E-state index contributed by atoms with van der Waals surface area (Å²) in [5.74, 6) is 1.30. The maximum Gasteiger partial charge on any atom is 0.227 e. The van der Waals surface area contributed by atoms with Crippen LogP contribution < -0.4 is 21.1 Å². The summed E-state index contributed by atoms with van der Waals surface area (Å²) < 4.78 is 6.04. The quantitative estimate of drug-likeness (QED) is 0.256. The summed E-state index contributed by atoms with van der Waals surface area (Å²) in [6.45, 7) is 2.40. The van der Waals surface area contributed by atoms with Gasteiger partial charge in [-0.2, -0.15) is 0 Å². The fraction of sp³-hybridized carbons (Fsp3) is 0.138. The van der Waals surface area contributed by atoms with E-state index in [1.807, 2.05) is 60.7 Å². The van der Waals surface area contributed by atoms with Crippen LogP contribution in [0, 0.1) is 0 Å². The smallest absolute Gasteiger partial charge is 0.227 e. The van der Waals surface area contributed by atoms with Gasteiger partial charge in [0.15, 0.2) is 5.13 Å². The zero-order valence-corrected chi connectivity index (χ0v) is 21.0. The molecule has 0 fully saturated rings. The summed E-state index contributed by atoms with van der Waals surface area (Å²) in [5, 5.41) is 7.26. The lowest BCUT2D eigenvalue weighted by atomic mass is 10.0. The van der Waals surface area contributed by atoms with Crippen LogP contribution in [-0.4, -0.2) is 21.5 Å². The number of anilines is 3. The zero-order valence-electron chi connectivity index (χ0n) is 20.1. The molecule has 3 aromatic carbocycles. The van der Waals surface area contributed by atoms with E-state index in [9.17, 15) is 0 Å². The minimum Gasteiger partial charge on any atom is -0.489 e. The highest BCUT2D eigenvalue weighted by molar-refractivity contribution is 7.19. The Kier molecular flexibility index (Phi) is 6.49. The Bertz CT molecular complexity index is 1530. The molecule has 0 radical (unpaired) electrons. The van der Waals surface area contributed by atoms with E-state index in [1.165, 1.54) is 22.5 Å². The molecule has 37 heavy (non-hydrogen) atoms. The molecule has 8 heteroatoms. The van der Waals surface area contributed by atoms with Crippen molar-refractivity contribution in [1.29, 1.82) is 0 Å². The number of benzene rings is 3. The highest BCUT2D eigenvalue weighted by Crippen LogP contribution is 2.38. The number of rotatable bonds is 7. The maximum atomic E-state index is 6.16. The van der Waals surface area contributed by atoms with E-state index in [4.69, 9.17) is 15.5 Å². The number of nitrogen functional groups attached to an aromatic ring is 1. The van der Waals surface area contributed by atoms with E-state index in [0.717, 1.165) is 58.3 Å². The first kappa shape index (κ1) is 23.1. The third kappa shape index (κ3) is 5.30. The molecule has 2 aromatic heterocycles. The molecule has 0 bridgehead atoms. The summed E-state index contributed by atoms with van der Waals surface area (Å²) in [6, 6.07) is 26.3. The zero-order chi connectivity index (χ0) is 25.0. The van der Waals surface area contributed by atoms with E-state index in [1.54, 1.807) is 6.20 Å². The first-order valence-electron chi connectivity index (χ1n) is 12.2. The Hall–Kier alpha value is -4.27. The van der Waals surface area contributed by atoms with Gasteiger partial charge in [0, 0.05) is 24.0 Å². The average Bonchev–Trinajstić information content (AvgIpc) is 3.34. The first-order chi connectivity index (χ1) is 18.2. The average molecular weight is 507 g/mol. The third-order valence-corrected chi connectivity index (χ3v) is 7.14. The predicted octanol–water partition coefficient (Wildman–Crippen LogP) is 5.82. The molecule has 0 saturated heterocycles. The summed E-state index contributed by atoms with van der Waals surface area (Å²) in [4.78, 5) is 14.8. The molecule has 0 aliphatic carbocycles. The van der Waals surface area contributed by atoms with Crippen LogP contribution in [0.1, 0.15) is 16.7 Å². The van der Waals surface area contributed by atoms with Crippen molar-refractivity contribution in [3.8, 4) is 27.6 Å². The minimum absolute atomic E-state index is 0.482. The maximum absolute atomic E-state index is 6.16. The number of nitrogens with zero attached hydrogens (tertiary/aromatic N) is 3. The normalized spacial score (nSPS) is 12.6. The van der Waals surface area contributed by atoms with Gasteiger partial charge in [-0.15, -0.1) is 0 Å². The van der Waals surface area contributed by atoms with E-state index in [2.05, 4.69) is 38.8 Å². The van der Waals surface area contributed by atoms with E-state index < -0.39 is 0 Å². The first-order valence-corrected chi connectivity index (χ1v) is 13.0. The van der Waals surface area contributed by atoms with Gasteiger partial charge in [0.05, 0.1) is 16.3 Å². The summed E-state index contributed by atoms with van der Waals surface area (Å²) in [7, 11) is 0. The van der Waals surface area contributed by atoms with E-state index in [0.29, 0.717) is 17.7 Å². The largest absolute Gasteiger partial charge is 0.489 e. The molecule has 6 rings (SSSR count). The van der Waals surface area contributed by atoms with Crippen molar-refractivity contribution < 1.29 is 4.74 Å². The highest BCUT2D eigenvalue weighted by Gasteiger charge is 2.17. The Morgan fingerprint density at radius 3 is 2.78 bits per heavy atom. The van der Waals surface area contributed by atoms with Gasteiger partial charge in [0.25, 0.3) is 0 Å². The van der Waals surface area contributed by atoms with Gasteiger partial charge in [-0.3, -0.25) is 0 Å². The van der Waals surface area contributed by atoms with E-state index >= 15 is 0 Å². The van der Waals surface area contributed by atoms with Gasteiger partial charge in [-0.1, -0.05) is 59.9 Å². The molecule has 3 heterocycles. The van der Waals surface area contributed by atoms with Crippen molar-refractivity contribution in [3.05, 3.63) is 102 Å². The lowest BCUT2D eigenvalue weighted by molar-refractivity contribution is 0.306. The van der Waals surface area contributed by atoms with Crippen LogP contribution in [-0.2, 0) is 19.6 Å². The van der Waals surface area contributed by atoms with Gasteiger partial charge in [0.1, 0.15) is 12.4 Å². The third-order valence-electron chi connectivity index (χ3n) is 6.24. The highest BCUT2D eigenvalue weighted by atomic mass is 32.1. The van der Waals surface area contributed by atoms with Crippen LogP contribution in [0.3, 0.4) is 0 Å².